The van der Waals surface area contributed by atoms with Crippen LogP contribution in [0.3, 0.4) is 0 Å². The van der Waals surface area contributed by atoms with Gasteiger partial charge in [-0.15, -0.1) is 0 Å². The van der Waals surface area contributed by atoms with Crippen LogP contribution in [0.4, 0.5) is 4.39 Å². The molecule has 2 nitrogen and oxygen atoms in total. The Morgan fingerprint density at radius 1 is 1.10 bits per heavy atom. The smallest absolute Gasteiger partial charge is 0.123 e. The molecule has 1 saturated heterocycles. The summed E-state index contributed by atoms with van der Waals surface area (Å²) < 4.78 is 13.7. The Morgan fingerprint density at radius 3 is 2.43 bits per heavy atom. The number of likely N-dealkylation sites (N-methyl/N-ethyl adjacent to an activating group) is 1. The van der Waals surface area contributed by atoms with Crippen LogP contribution in [-0.2, 0) is 0 Å². The van der Waals surface area contributed by atoms with Crippen LogP contribution in [0.25, 0.3) is 0 Å². The maximum absolute atomic E-state index is 13.7. The molecule has 0 radical (unpaired) electrons. The highest BCUT2D eigenvalue weighted by molar-refractivity contribution is 5.25. The average molecular weight is 290 g/mol. The van der Waals surface area contributed by atoms with Gasteiger partial charge in [-0.1, -0.05) is 31.4 Å². The van der Waals surface area contributed by atoms with Crippen molar-refractivity contribution in [3.05, 3.63) is 35.6 Å². The molecule has 0 aromatic heterocycles. The fourth-order valence-corrected chi connectivity index (χ4v) is 4.55. The Balaban J connectivity index is 1.93. The molecule has 3 heteroatoms. The summed E-state index contributed by atoms with van der Waals surface area (Å²) in [5, 5.41) is 3.52. The number of hydrogen-bond acceptors (Lipinski definition) is 2. The number of halogens is 1. The van der Waals surface area contributed by atoms with Crippen LogP contribution in [0.1, 0.15) is 56.6 Å². The standard InChI is InChI=1S/C18H27FN2/c1-20-17(15-8-7-9-16(19)14-15)18(10-3-4-11-18)21-12-5-2-6-13-21/h7-9,14,17,20H,2-6,10-13H2,1H3. The molecular weight excluding hydrogens is 263 g/mol. The van der Waals surface area contributed by atoms with Crippen LogP contribution in [0, 0.1) is 5.82 Å². The zero-order valence-corrected chi connectivity index (χ0v) is 13.1. The topological polar surface area (TPSA) is 15.3 Å². The van der Waals surface area contributed by atoms with E-state index in [2.05, 4.69) is 16.3 Å². The molecule has 1 aliphatic carbocycles. The number of rotatable bonds is 4. The summed E-state index contributed by atoms with van der Waals surface area (Å²) in [4.78, 5) is 2.70. The Morgan fingerprint density at radius 2 is 1.81 bits per heavy atom. The highest BCUT2D eigenvalue weighted by Crippen LogP contribution is 2.45. The number of hydrogen-bond donors (Lipinski definition) is 1. The molecule has 1 aliphatic heterocycles. The summed E-state index contributed by atoms with van der Waals surface area (Å²) >= 11 is 0. The van der Waals surface area contributed by atoms with Crippen molar-refractivity contribution in [2.75, 3.05) is 20.1 Å². The third-order valence-corrected chi connectivity index (χ3v) is 5.46. The van der Waals surface area contributed by atoms with Gasteiger partial charge in [0.05, 0.1) is 6.04 Å². The first-order valence-electron chi connectivity index (χ1n) is 8.44. The summed E-state index contributed by atoms with van der Waals surface area (Å²) in [5.41, 5.74) is 1.29. The zero-order chi connectivity index (χ0) is 14.7. The lowest BCUT2D eigenvalue weighted by molar-refractivity contribution is 0.0383. The van der Waals surface area contributed by atoms with E-state index < -0.39 is 0 Å². The summed E-state index contributed by atoms with van der Waals surface area (Å²) in [5.74, 6) is -0.125. The second-order valence-electron chi connectivity index (χ2n) is 6.64. The Kier molecular flexibility index (Phi) is 4.60. The van der Waals surface area contributed by atoms with Crippen molar-refractivity contribution >= 4 is 0 Å². The fourth-order valence-electron chi connectivity index (χ4n) is 4.55. The van der Waals surface area contributed by atoms with E-state index in [0.29, 0.717) is 0 Å². The molecule has 3 rings (SSSR count). The summed E-state index contributed by atoms with van der Waals surface area (Å²) in [7, 11) is 2.03. The molecule has 0 amide bonds. The highest BCUT2D eigenvalue weighted by Gasteiger charge is 2.46. The van der Waals surface area contributed by atoms with Gasteiger partial charge in [-0.05, 0) is 63.5 Å². The SMILES string of the molecule is CNC(c1cccc(F)c1)C1(N2CCCCC2)CCCC1. The summed E-state index contributed by atoms with van der Waals surface area (Å²) in [6, 6.07) is 7.40. The Hall–Kier alpha value is -0.930. The van der Waals surface area contributed by atoms with Crippen molar-refractivity contribution in [2.24, 2.45) is 0 Å². The lowest BCUT2D eigenvalue weighted by atomic mass is 9.80. The highest BCUT2D eigenvalue weighted by atomic mass is 19.1. The molecule has 0 bridgehead atoms. The number of nitrogens with one attached hydrogen (secondary N) is 1. The monoisotopic (exact) mass is 290 g/mol. The van der Waals surface area contributed by atoms with Gasteiger partial charge in [0, 0.05) is 5.54 Å². The normalized spacial score (nSPS) is 24.1. The van der Waals surface area contributed by atoms with Gasteiger partial charge in [0.25, 0.3) is 0 Å². The third kappa shape index (κ3) is 2.86. The van der Waals surface area contributed by atoms with Gasteiger partial charge in [0.2, 0.25) is 0 Å². The van der Waals surface area contributed by atoms with E-state index in [-0.39, 0.29) is 17.4 Å². The van der Waals surface area contributed by atoms with Gasteiger partial charge in [-0.2, -0.15) is 0 Å². The van der Waals surface area contributed by atoms with E-state index in [1.54, 1.807) is 12.1 Å². The van der Waals surface area contributed by atoms with Crippen LogP contribution in [0.2, 0.25) is 0 Å². The predicted molar refractivity (Wildman–Crippen MR) is 84.8 cm³/mol. The number of likely N-dealkylation sites (tertiary alicyclic amines) is 1. The molecular formula is C18H27FN2. The molecule has 0 spiro atoms. The van der Waals surface area contributed by atoms with E-state index in [4.69, 9.17) is 0 Å². The van der Waals surface area contributed by atoms with Gasteiger partial charge in [0.1, 0.15) is 5.82 Å². The molecule has 116 valence electrons. The lowest BCUT2D eigenvalue weighted by Gasteiger charge is -2.48. The molecule has 1 unspecified atom stereocenters. The van der Waals surface area contributed by atoms with Crippen LogP contribution in [-0.4, -0.2) is 30.6 Å². The molecule has 1 aromatic carbocycles. The van der Waals surface area contributed by atoms with Gasteiger partial charge >= 0.3 is 0 Å². The van der Waals surface area contributed by atoms with E-state index in [9.17, 15) is 4.39 Å². The molecule has 1 N–H and O–H groups in total. The quantitative estimate of drug-likeness (QED) is 0.905. The van der Waals surface area contributed by atoms with E-state index in [1.807, 2.05) is 13.1 Å². The Bertz CT molecular complexity index is 462. The van der Waals surface area contributed by atoms with E-state index >= 15 is 0 Å². The van der Waals surface area contributed by atoms with Gasteiger partial charge < -0.3 is 5.32 Å². The van der Waals surface area contributed by atoms with Crippen LogP contribution in [0.15, 0.2) is 24.3 Å². The summed E-state index contributed by atoms with van der Waals surface area (Å²) in [6.07, 6.45) is 9.03. The summed E-state index contributed by atoms with van der Waals surface area (Å²) in [6.45, 7) is 2.40. The molecule has 1 saturated carbocycles. The maximum atomic E-state index is 13.7. The maximum Gasteiger partial charge on any atom is 0.123 e. The first-order valence-corrected chi connectivity index (χ1v) is 8.44. The van der Waals surface area contributed by atoms with Crippen molar-refractivity contribution in [2.45, 2.75) is 56.5 Å². The predicted octanol–water partition coefficient (Wildman–Crippen LogP) is 3.88. The second-order valence-corrected chi connectivity index (χ2v) is 6.64. The second kappa shape index (κ2) is 6.45. The number of piperidine rings is 1. The molecule has 1 aromatic rings. The minimum atomic E-state index is -0.125. The van der Waals surface area contributed by atoms with Crippen molar-refractivity contribution in [3.63, 3.8) is 0 Å². The van der Waals surface area contributed by atoms with Gasteiger partial charge in [0.15, 0.2) is 0 Å². The van der Waals surface area contributed by atoms with E-state index in [0.717, 1.165) is 5.56 Å². The minimum absolute atomic E-state index is 0.125. The third-order valence-electron chi connectivity index (χ3n) is 5.46. The zero-order valence-electron chi connectivity index (χ0n) is 13.1. The lowest BCUT2D eigenvalue weighted by Crippen LogP contribution is -2.56. The van der Waals surface area contributed by atoms with Crippen LogP contribution >= 0.6 is 0 Å². The first-order chi connectivity index (χ1) is 10.3. The van der Waals surface area contributed by atoms with Crippen molar-refractivity contribution in [1.29, 1.82) is 0 Å². The van der Waals surface area contributed by atoms with Crippen LogP contribution in [0.5, 0.6) is 0 Å². The Labute approximate surface area is 127 Å². The van der Waals surface area contributed by atoms with E-state index in [1.165, 1.54) is 58.0 Å². The number of benzene rings is 1. The van der Waals surface area contributed by atoms with Gasteiger partial charge in [-0.3, -0.25) is 4.90 Å². The molecule has 2 aliphatic rings. The minimum Gasteiger partial charge on any atom is -0.311 e. The molecule has 1 atom stereocenters. The van der Waals surface area contributed by atoms with Crippen LogP contribution < -0.4 is 5.32 Å². The first kappa shape index (κ1) is 15.0. The van der Waals surface area contributed by atoms with Crippen molar-refractivity contribution in [1.82, 2.24) is 10.2 Å². The molecule has 2 fully saturated rings. The molecule has 1 heterocycles. The van der Waals surface area contributed by atoms with Crippen molar-refractivity contribution < 1.29 is 4.39 Å². The number of nitrogens with zero attached hydrogens (tertiary/aromatic N) is 1. The van der Waals surface area contributed by atoms with Gasteiger partial charge in [-0.25, -0.2) is 4.39 Å². The molecule has 21 heavy (non-hydrogen) atoms. The largest absolute Gasteiger partial charge is 0.311 e. The van der Waals surface area contributed by atoms with Crippen molar-refractivity contribution in [3.8, 4) is 0 Å². The fraction of sp³-hybridized carbons (Fsp3) is 0.667. The average Bonchev–Trinajstić information content (AvgIpc) is 3.00.